The Bertz CT molecular complexity index is 907. The molecule has 0 spiro atoms. The Balaban J connectivity index is 2.29. The van der Waals surface area contributed by atoms with Gasteiger partial charge in [-0.15, -0.1) is 0 Å². The van der Waals surface area contributed by atoms with Crippen molar-refractivity contribution in [1.82, 2.24) is 0 Å². The first-order valence-electron chi connectivity index (χ1n) is 6.48. The molecule has 1 heterocycles. The minimum absolute atomic E-state index is 1.32. The smallest absolute Gasteiger partial charge is 0.0293 e. The molecule has 4 aromatic rings. The molecule has 20 heavy (non-hydrogen) atoms. The Morgan fingerprint density at radius 3 is 1.95 bits per heavy atom. The summed E-state index contributed by atoms with van der Waals surface area (Å²) in [6, 6.07) is 19.6. The van der Waals surface area contributed by atoms with Crippen molar-refractivity contribution in [3.05, 3.63) is 68.9 Å². The van der Waals surface area contributed by atoms with Crippen LogP contribution in [0.3, 0.4) is 0 Å². The summed E-state index contributed by atoms with van der Waals surface area (Å²) in [6.07, 6.45) is 0. The molecular weight excluding hydrogens is 375 g/mol. The van der Waals surface area contributed by atoms with Crippen molar-refractivity contribution in [2.24, 2.45) is 0 Å². The predicted octanol–water partition coefficient (Wildman–Crippen LogP) is 6.33. The van der Waals surface area contributed by atoms with E-state index in [4.69, 9.17) is 0 Å². The van der Waals surface area contributed by atoms with Crippen LogP contribution in [-0.2, 0) is 0 Å². The highest BCUT2D eigenvalue weighted by Gasteiger charge is 2.13. The molecule has 0 aliphatic carbocycles. The second-order valence-corrected chi connectivity index (χ2v) is 6.65. The molecule has 0 saturated heterocycles. The van der Waals surface area contributed by atoms with Crippen LogP contribution in [0.1, 0.15) is 0 Å². The summed E-state index contributed by atoms with van der Waals surface area (Å²) >= 11 is 4.25. The van der Waals surface area contributed by atoms with Crippen molar-refractivity contribution in [3.8, 4) is 11.1 Å². The van der Waals surface area contributed by atoms with Crippen LogP contribution in [0.25, 0.3) is 32.7 Å². The zero-order chi connectivity index (χ0) is 13.5. The summed E-state index contributed by atoms with van der Waals surface area (Å²) in [5.74, 6) is 0. The zero-order valence-corrected chi connectivity index (χ0v) is 13.6. The van der Waals surface area contributed by atoms with E-state index in [0.29, 0.717) is 0 Å². The van der Waals surface area contributed by atoms with Crippen LogP contribution < -0.4 is 0 Å². The molecular formula is C18H11IS. The van der Waals surface area contributed by atoms with Gasteiger partial charge in [0, 0.05) is 9.13 Å². The maximum absolute atomic E-state index is 2.49. The Morgan fingerprint density at radius 1 is 0.700 bits per heavy atom. The number of hydrogen-bond donors (Lipinski definition) is 0. The topological polar surface area (TPSA) is 0 Å². The molecule has 0 unspecified atom stereocenters. The molecule has 3 aromatic carbocycles. The molecule has 2 heteroatoms. The molecule has 4 rings (SSSR count). The van der Waals surface area contributed by atoms with Gasteiger partial charge in [0.25, 0.3) is 0 Å². The van der Waals surface area contributed by atoms with Gasteiger partial charge in [0.05, 0.1) is 0 Å². The third-order valence-corrected chi connectivity index (χ3v) is 5.48. The Kier molecular flexibility index (Phi) is 3.00. The summed E-state index contributed by atoms with van der Waals surface area (Å²) in [5.41, 5.74) is 2.68. The molecule has 0 radical (unpaired) electrons. The van der Waals surface area contributed by atoms with E-state index < -0.39 is 0 Å². The highest BCUT2D eigenvalue weighted by Crippen LogP contribution is 2.40. The summed E-state index contributed by atoms with van der Waals surface area (Å²) in [5, 5.41) is 9.74. The minimum Gasteiger partial charge on any atom is -0.152 e. The predicted molar refractivity (Wildman–Crippen MR) is 97.5 cm³/mol. The number of hydrogen-bond acceptors (Lipinski definition) is 1. The Labute approximate surface area is 135 Å². The standard InChI is InChI=1S/C18H11IS/c19-18-16-8-4-2-6-14(16)13-5-1-3-7-15(13)17(18)12-9-10-20-11-12/h1-11H. The first-order valence-corrected chi connectivity index (χ1v) is 8.50. The molecule has 0 amide bonds. The van der Waals surface area contributed by atoms with E-state index in [1.165, 1.54) is 36.2 Å². The lowest BCUT2D eigenvalue weighted by molar-refractivity contribution is 1.70. The van der Waals surface area contributed by atoms with Gasteiger partial charge in [-0.05, 0) is 66.5 Å². The number of rotatable bonds is 1. The maximum atomic E-state index is 2.49. The minimum atomic E-state index is 1.32. The average Bonchev–Trinajstić information content (AvgIpc) is 3.02. The molecule has 0 fully saturated rings. The third kappa shape index (κ3) is 1.79. The van der Waals surface area contributed by atoms with Gasteiger partial charge >= 0.3 is 0 Å². The van der Waals surface area contributed by atoms with Gasteiger partial charge in [-0.2, -0.15) is 11.3 Å². The van der Waals surface area contributed by atoms with Gasteiger partial charge in [0.2, 0.25) is 0 Å². The first kappa shape index (κ1) is 12.4. The number of thiophene rings is 1. The van der Waals surface area contributed by atoms with Crippen LogP contribution in [0.15, 0.2) is 65.4 Å². The summed E-state index contributed by atoms with van der Waals surface area (Å²) in [7, 11) is 0. The maximum Gasteiger partial charge on any atom is 0.0293 e. The Morgan fingerprint density at radius 2 is 1.30 bits per heavy atom. The van der Waals surface area contributed by atoms with E-state index in [-0.39, 0.29) is 0 Å². The van der Waals surface area contributed by atoms with Crippen molar-refractivity contribution < 1.29 is 0 Å². The molecule has 1 aromatic heterocycles. The fraction of sp³-hybridized carbons (Fsp3) is 0. The van der Waals surface area contributed by atoms with E-state index in [9.17, 15) is 0 Å². The highest BCUT2D eigenvalue weighted by molar-refractivity contribution is 14.1. The molecule has 0 atom stereocenters. The van der Waals surface area contributed by atoms with Crippen LogP contribution in [-0.4, -0.2) is 0 Å². The molecule has 0 bridgehead atoms. The lowest BCUT2D eigenvalue weighted by Gasteiger charge is -2.13. The van der Waals surface area contributed by atoms with Crippen LogP contribution >= 0.6 is 33.9 Å². The SMILES string of the molecule is Ic1c(-c2ccsc2)c2ccccc2c2ccccc12. The molecule has 96 valence electrons. The summed E-state index contributed by atoms with van der Waals surface area (Å²) in [4.78, 5) is 0. The van der Waals surface area contributed by atoms with Gasteiger partial charge in [-0.3, -0.25) is 0 Å². The van der Waals surface area contributed by atoms with Crippen molar-refractivity contribution in [2.45, 2.75) is 0 Å². The van der Waals surface area contributed by atoms with Crippen molar-refractivity contribution >= 4 is 55.5 Å². The summed E-state index contributed by atoms with van der Waals surface area (Å²) in [6.45, 7) is 0. The van der Waals surface area contributed by atoms with E-state index in [0.717, 1.165) is 0 Å². The molecule has 0 saturated carbocycles. The summed E-state index contributed by atoms with van der Waals surface area (Å²) < 4.78 is 1.34. The van der Waals surface area contributed by atoms with E-state index in [1.54, 1.807) is 11.3 Å². The largest absolute Gasteiger partial charge is 0.152 e. The van der Waals surface area contributed by atoms with Gasteiger partial charge < -0.3 is 0 Å². The second-order valence-electron chi connectivity index (χ2n) is 4.79. The number of benzene rings is 3. The number of fused-ring (bicyclic) bond motifs is 3. The second kappa shape index (κ2) is 4.86. The van der Waals surface area contributed by atoms with Crippen molar-refractivity contribution in [2.75, 3.05) is 0 Å². The van der Waals surface area contributed by atoms with Crippen LogP contribution in [0.2, 0.25) is 0 Å². The quantitative estimate of drug-likeness (QED) is 0.265. The Hall–Kier alpha value is -1.39. The monoisotopic (exact) mass is 386 g/mol. The van der Waals surface area contributed by atoms with Gasteiger partial charge in [-0.1, -0.05) is 48.5 Å². The number of halogens is 1. The lowest BCUT2D eigenvalue weighted by atomic mass is 9.94. The van der Waals surface area contributed by atoms with E-state index in [2.05, 4.69) is 87.9 Å². The lowest BCUT2D eigenvalue weighted by Crippen LogP contribution is -1.88. The van der Waals surface area contributed by atoms with Crippen molar-refractivity contribution in [3.63, 3.8) is 0 Å². The first-order chi connectivity index (χ1) is 9.86. The average molecular weight is 386 g/mol. The molecule has 0 aliphatic rings. The fourth-order valence-corrected chi connectivity index (χ4v) is 4.51. The molecule has 0 N–H and O–H groups in total. The van der Waals surface area contributed by atoms with E-state index >= 15 is 0 Å². The van der Waals surface area contributed by atoms with Crippen molar-refractivity contribution in [1.29, 1.82) is 0 Å². The van der Waals surface area contributed by atoms with E-state index in [1.807, 2.05) is 0 Å². The van der Waals surface area contributed by atoms with Gasteiger partial charge in [0.1, 0.15) is 0 Å². The molecule has 0 aliphatic heterocycles. The molecule has 0 nitrogen and oxygen atoms in total. The third-order valence-electron chi connectivity index (χ3n) is 3.68. The van der Waals surface area contributed by atoms with Crippen LogP contribution in [0.5, 0.6) is 0 Å². The zero-order valence-electron chi connectivity index (χ0n) is 10.6. The van der Waals surface area contributed by atoms with Gasteiger partial charge in [0.15, 0.2) is 0 Å². The fourth-order valence-electron chi connectivity index (χ4n) is 2.79. The highest BCUT2D eigenvalue weighted by atomic mass is 127. The van der Waals surface area contributed by atoms with Gasteiger partial charge in [-0.25, -0.2) is 0 Å². The van der Waals surface area contributed by atoms with Crippen LogP contribution in [0.4, 0.5) is 0 Å². The normalized spacial score (nSPS) is 11.2. The van der Waals surface area contributed by atoms with Crippen LogP contribution in [0, 0.1) is 3.57 Å².